The molecule has 0 aliphatic heterocycles. The van der Waals surface area contributed by atoms with Gasteiger partial charge in [-0.2, -0.15) is 0 Å². The van der Waals surface area contributed by atoms with Crippen LogP contribution in [0.3, 0.4) is 0 Å². The molecule has 3 heteroatoms. The fourth-order valence-electron chi connectivity index (χ4n) is 1.12. The van der Waals surface area contributed by atoms with E-state index in [1.165, 1.54) is 0 Å². The summed E-state index contributed by atoms with van der Waals surface area (Å²) in [5.41, 5.74) is 0. The van der Waals surface area contributed by atoms with Crippen molar-refractivity contribution in [1.29, 1.82) is 0 Å². The molecule has 2 N–H and O–H groups in total. The fourth-order valence-corrected chi connectivity index (χ4v) is 1.12. The maximum atomic E-state index is 10.3. The SMILES string of the molecule is CC(C)C[C@H](C)[C@@H](O)C(=O)O. The third-order valence-electron chi connectivity index (χ3n) is 1.64. The van der Waals surface area contributed by atoms with Crippen LogP contribution in [0.1, 0.15) is 27.2 Å². The zero-order valence-corrected chi connectivity index (χ0v) is 7.24. The first-order valence-electron chi connectivity index (χ1n) is 3.86. The second-order valence-corrected chi connectivity index (χ2v) is 3.39. The molecule has 0 spiro atoms. The maximum absolute atomic E-state index is 10.3. The molecule has 0 bridgehead atoms. The molecule has 0 unspecified atom stereocenters. The Morgan fingerprint density at radius 3 is 2.09 bits per heavy atom. The molecule has 0 heterocycles. The van der Waals surface area contributed by atoms with Crippen LogP contribution in [0, 0.1) is 11.8 Å². The minimum atomic E-state index is -1.21. The predicted octanol–water partition coefficient (Wildman–Crippen LogP) is 1.11. The summed E-state index contributed by atoms with van der Waals surface area (Å²) >= 11 is 0. The largest absolute Gasteiger partial charge is 0.479 e. The summed E-state index contributed by atoms with van der Waals surface area (Å²) in [6.45, 7) is 5.76. The van der Waals surface area contributed by atoms with Crippen molar-refractivity contribution in [3.63, 3.8) is 0 Å². The lowest BCUT2D eigenvalue weighted by Gasteiger charge is -2.16. The van der Waals surface area contributed by atoms with Crippen LogP contribution < -0.4 is 0 Å². The monoisotopic (exact) mass is 160 g/mol. The molecule has 0 saturated carbocycles. The maximum Gasteiger partial charge on any atom is 0.332 e. The number of hydrogen-bond acceptors (Lipinski definition) is 2. The van der Waals surface area contributed by atoms with Crippen molar-refractivity contribution < 1.29 is 15.0 Å². The first-order valence-corrected chi connectivity index (χ1v) is 3.86. The first kappa shape index (κ1) is 10.4. The van der Waals surface area contributed by atoms with Crippen molar-refractivity contribution in [3.05, 3.63) is 0 Å². The molecule has 0 aliphatic carbocycles. The minimum absolute atomic E-state index is 0.160. The van der Waals surface area contributed by atoms with Gasteiger partial charge in [-0.25, -0.2) is 4.79 Å². The topological polar surface area (TPSA) is 57.5 Å². The van der Waals surface area contributed by atoms with Gasteiger partial charge in [0, 0.05) is 0 Å². The third-order valence-corrected chi connectivity index (χ3v) is 1.64. The average molecular weight is 160 g/mol. The normalized spacial score (nSPS) is 16.5. The summed E-state index contributed by atoms with van der Waals surface area (Å²) in [6, 6.07) is 0. The van der Waals surface area contributed by atoms with Crippen molar-refractivity contribution in [2.75, 3.05) is 0 Å². The van der Waals surface area contributed by atoms with Crippen molar-refractivity contribution in [3.8, 4) is 0 Å². The standard InChI is InChI=1S/C8H16O3/c1-5(2)4-6(3)7(9)8(10)11/h5-7,9H,4H2,1-3H3,(H,10,11)/t6-,7+/m0/s1. The van der Waals surface area contributed by atoms with Crippen molar-refractivity contribution >= 4 is 5.97 Å². The number of aliphatic hydroxyl groups excluding tert-OH is 1. The molecule has 0 aromatic rings. The van der Waals surface area contributed by atoms with Gasteiger partial charge in [-0.05, 0) is 18.3 Å². The zero-order valence-electron chi connectivity index (χ0n) is 7.24. The van der Waals surface area contributed by atoms with Gasteiger partial charge in [0.25, 0.3) is 0 Å². The number of carboxylic acids is 1. The smallest absolute Gasteiger partial charge is 0.332 e. The third kappa shape index (κ3) is 3.98. The Balaban J connectivity index is 3.82. The minimum Gasteiger partial charge on any atom is -0.479 e. The molecular weight excluding hydrogens is 144 g/mol. The molecule has 0 aromatic heterocycles. The summed E-state index contributed by atoms with van der Waals surface area (Å²) in [5, 5.41) is 17.5. The predicted molar refractivity (Wildman–Crippen MR) is 42.3 cm³/mol. The van der Waals surface area contributed by atoms with E-state index < -0.39 is 12.1 Å². The van der Waals surface area contributed by atoms with Crippen molar-refractivity contribution in [1.82, 2.24) is 0 Å². The number of carboxylic acid groups (broad SMARTS) is 1. The lowest BCUT2D eigenvalue weighted by Crippen LogP contribution is -2.28. The number of aliphatic hydroxyl groups is 1. The summed E-state index contributed by atoms with van der Waals surface area (Å²) < 4.78 is 0. The van der Waals surface area contributed by atoms with Crippen LogP contribution in [-0.4, -0.2) is 22.3 Å². The highest BCUT2D eigenvalue weighted by Crippen LogP contribution is 2.14. The molecule has 11 heavy (non-hydrogen) atoms. The van der Waals surface area contributed by atoms with E-state index in [1.807, 2.05) is 13.8 Å². The van der Waals surface area contributed by atoms with E-state index in [0.29, 0.717) is 5.92 Å². The van der Waals surface area contributed by atoms with E-state index in [0.717, 1.165) is 6.42 Å². The molecule has 0 aromatic carbocycles. The van der Waals surface area contributed by atoms with Gasteiger partial charge in [0.2, 0.25) is 0 Å². The molecule has 0 radical (unpaired) electrons. The number of carbonyl (C=O) groups is 1. The second kappa shape index (κ2) is 4.34. The number of hydrogen-bond donors (Lipinski definition) is 2. The van der Waals surface area contributed by atoms with Gasteiger partial charge in [-0.3, -0.25) is 0 Å². The van der Waals surface area contributed by atoms with E-state index in [-0.39, 0.29) is 5.92 Å². The zero-order chi connectivity index (χ0) is 9.02. The quantitative estimate of drug-likeness (QED) is 0.647. The lowest BCUT2D eigenvalue weighted by molar-refractivity contribution is -0.149. The first-order chi connectivity index (χ1) is 4.95. The van der Waals surface area contributed by atoms with Crippen LogP contribution >= 0.6 is 0 Å². The Morgan fingerprint density at radius 2 is 1.82 bits per heavy atom. The van der Waals surface area contributed by atoms with E-state index in [2.05, 4.69) is 0 Å². The van der Waals surface area contributed by atoms with Gasteiger partial charge in [0.05, 0.1) is 0 Å². The molecule has 0 aliphatic rings. The average Bonchev–Trinajstić information content (AvgIpc) is 1.84. The van der Waals surface area contributed by atoms with Gasteiger partial charge in [0.15, 0.2) is 6.10 Å². The fraction of sp³-hybridized carbons (Fsp3) is 0.875. The van der Waals surface area contributed by atoms with E-state index in [1.54, 1.807) is 6.92 Å². The molecule has 0 saturated heterocycles. The van der Waals surface area contributed by atoms with Gasteiger partial charge in [-0.15, -0.1) is 0 Å². The van der Waals surface area contributed by atoms with Crippen molar-refractivity contribution in [2.24, 2.45) is 11.8 Å². The van der Waals surface area contributed by atoms with Gasteiger partial charge in [0.1, 0.15) is 0 Å². The van der Waals surface area contributed by atoms with Crippen LogP contribution in [0.15, 0.2) is 0 Å². The van der Waals surface area contributed by atoms with Crippen LogP contribution in [0.5, 0.6) is 0 Å². The molecule has 3 nitrogen and oxygen atoms in total. The Hall–Kier alpha value is -0.570. The number of rotatable bonds is 4. The summed E-state index contributed by atoms with van der Waals surface area (Å²) in [7, 11) is 0. The van der Waals surface area contributed by atoms with Crippen LogP contribution in [-0.2, 0) is 4.79 Å². The Morgan fingerprint density at radius 1 is 1.36 bits per heavy atom. The molecule has 66 valence electrons. The highest BCUT2D eigenvalue weighted by Gasteiger charge is 2.21. The van der Waals surface area contributed by atoms with Gasteiger partial charge >= 0.3 is 5.97 Å². The lowest BCUT2D eigenvalue weighted by atomic mass is 9.94. The summed E-state index contributed by atoms with van der Waals surface area (Å²) in [4.78, 5) is 10.3. The van der Waals surface area contributed by atoms with Gasteiger partial charge in [-0.1, -0.05) is 20.8 Å². The highest BCUT2D eigenvalue weighted by atomic mass is 16.4. The molecular formula is C8H16O3. The Labute approximate surface area is 67.0 Å². The van der Waals surface area contributed by atoms with Crippen LogP contribution in [0.25, 0.3) is 0 Å². The van der Waals surface area contributed by atoms with Crippen LogP contribution in [0.4, 0.5) is 0 Å². The summed E-state index contributed by atoms with van der Waals surface area (Å²) in [6.07, 6.45) is -0.467. The molecule has 0 amide bonds. The van der Waals surface area contributed by atoms with Gasteiger partial charge < -0.3 is 10.2 Å². The Bertz CT molecular complexity index is 131. The summed E-state index contributed by atoms with van der Waals surface area (Å²) in [5.74, 6) is -0.857. The van der Waals surface area contributed by atoms with E-state index in [9.17, 15) is 4.79 Å². The molecule has 0 fully saturated rings. The van der Waals surface area contributed by atoms with E-state index >= 15 is 0 Å². The molecule has 0 rings (SSSR count). The van der Waals surface area contributed by atoms with Crippen molar-refractivity contribution in [2.45, 2.75) is 33.3 Å². The van der Waals surface area contributed by atoms with Crippen LogP contribution in [0.2, 0.25) is 0 Å². The number of aliphatic carboxylic acids is 1. The Kier molecular flexibility index (Phi) is 4.11. The second-order valence-electron chi connectivity index (χ2n) is 3.39. The highest BCUT2D eigenvalue weighted by molar-refractivity contribution is 5.72. The van der Waals surface area contributed by atoms with E-state index in [4.69, 9.17) is 10.2 Å². The molecule has 2 atom stereocenters.